The van der Waals surface area contributed by atoms with Crippen LogP contribution in [0.25, 0.3) is 11.1 Å². The first-order valence-electron chi connectivity index (χ1n) is 9.38. The van der Waals surface area contributed by atoms with Crippen LogP contribution in [0.1, 0.15) is 27.5 Å². The number of nitrogens with one attached hydrogen (secondary N) is 2. The number of hydrogen-bond acceptors (Lipinski definition) is 2. The largest absolute Gasteiger partial charge is 0.335 e. The molecule has 148 valence electrons. The van der Waals surface area contributed by atoms with Gasteiger partial charge >= 0.3 is 6.03 Å². The molecule has 2 amide bonds. The van der Waals surface area contributed by atoms with Gasteiger partial charge in [0.05, 0.1) is 0 Å². The van der Waals surface area contributed by atoms with Gasteiger partial charge in [-0.3, -0.25) is 4.98 Å². The zero-order valence-corrected chi connectivity index (χ0v) is 16.1. The maximum Gasteiger partial charge on any atom is 0.319 e. The van der Waals surface area contributed by atoms with Gasteiger partial charge in [0.2, 0.25) is 0 Å². The van der Waals surface area contributed by atoms with E-state index in [1.807, 2.05) is 50.2 Å². The van der Waals surface area contributed by atoms with Crippen molar-refractivity contribution in [2.75, 3.05) is 5.32 Å². The fourth-order valence-electron chi connectivity index (χ4n) is 3.03. The smallest absolute Gasteiger partial charge is 0.319 e. The zero-order valence-electron chi connectivity index (χ0n) is 16.1. The molecule has 2 N–H and O–H groups in total. The summed E-state index contributed by atoms with van der Waals surface area (Å²) in [6, 6.07) is 17.8. The van der Waals surface area contributed by atoms with Crippen LogP contribution in [0.3, 0.4) is 0 Å². The molecule has 5 heteroatoms. The Balaban J connectivity index is 0.00000225. The van der Waals surface area contributed by atoms with Crippen molar-refractivity contribution in [3.63, 3.8) is 0 Å². The van der Waals surface area contributed by atoms with E-state index in [9.17, 15) is 9.18 Å². The van der Waals surface area contributed by atoms with Crippen LogP contribution in [0, 0.1) is 12.7 Å². The third-order valence-corrected chi connectivity index (χ3v) is 4.60. The van der Waals surface area contributed by atoms with Crippen LogP contribution in [-0.4, -0.2) is 17.1 Å². The molecule has 28 heavy (non-hydrogen) atoms. The van der Waals surface area contributed by atoms with Crippen molar-refractivity contribution in [3.05, 3.63) is 83.9 Å². The highest BCUT2D eigenvalue weighted by molar-refractivity contribution is 5.89. The maximum atomic E-state index is 13.0. The number of aromatic nitrogens is 1. The molecule has 0 bridgehead atoms. The van der Waals surface area contributed by atoms with E-state index in [0.29, 0.717) is 6.42 Å². The van der Waals surface area contributed by atoms with Crippen molar-refractivity contribution in [2.24, 2.45) is 0 Å². The van der Waals surface area contributed by atoms with E-state index in [1.165, 1.54) is 12.1 Å². The predicted octanol–water partition coefficient (Wildman–Crippen LogP) is 5.83. The number of amides is 2. The van der Waals surface area contributed by atoms with Gasteiger partial charge in [-0.1, -0.05) is 31.2 Å². The van der Waals surface area contributed by atoms with Crippen molar-refractivity contribution in [1.82, 2.24) is 10.3 Å². The molecule has 0 aliphatic heterocycles. The number of benzene rings is 2. The number of urea groups is 1. The Kier molecular flexibility index (Phi) is 6.37. The summed E-state index contributed by atoms with van der Waals surface area (Å²) >= 11 is 0. The van der Waals surface area contributed by atoms with E-state index < -0.39 is 0 Å². The van der Waals surface area contributed by atoms with E-state index in [2.05, 4.69) is 15.6 Å². The standard InChI is InChI=1S/C23H24FN3O.2H2/c1-3-21(15-17-4-8-20(24)9-5-17)26-23(28)27-22-10-6-18(7-11-22)19-12-13-25-16(2)14-19;;/h4-14,21H,3,15H2,1-2H3,(H2,26,27,28);2*1H. The van der Waals surface area contributed by atoms with Gasteiger partial charge in [0.25, 0.3) is 0 Å². The average molecular weight is 381 g/mol. The Morgan fingerprint density at radius 1 is 1.07 bits per heavy atom. The van der Waals surface area contributed by atoms with Gasteiger partial charge in [-0.25, -0.2) is 9.18 Å². The lowest BCUT2D eigenvalue weighted by molar-refractivity contribution is 0.248. The van der Waals surface area contributed by atoms with Crippen LogP contribution < -0.4 is 10.6 Å². The second kappa shape index (κ2) is 9.13. The minimum atomic E-state index is -0.257. The van der Waals surface area contributed by atoms with Crippen LogP contribution >= 0.6 is 0 Å². The molecule has 3 rings (SSSR count). The number of aryl methyl sites for hydroxylation is 1. The number of anilines is 1. The van der Waals surface area contributed by atoms with Gasteiger partial charge < -0.3 is 10.6 Å². The first-order valence-corrected chi connectivity index (χ1v) is 9.38. The normalized spacial score (nSPS) is 11.7. The lowest BCUT2D eigenvalue weighted by Crippen LogP contribution is -2.38. The van der Waals surface area contributed by atoms with Crippen LogP contribution in [0.2, 0.25) is 0 Å². The Hall–Kier alpha value is -3.21. The molecule has 0 spiro atoms. The Morgan fingerprint density at radius 3 is 2.43 bits per heavy atom. The molecule has 0 saturated heterocycles. The van der Waals surface area contributed by atoms with E-state index >= 15 is 0 Å². The number of pyridine rings is 1. The molecule has 0 radical (unpaired) electrons. The minimum Gasteiger partial charge on any atom is -0.335 e. The van der Waals surface area contributed by atoms with Gasteiger partial charge in [-0.05, 0) is 72.9 Å². The van der Waals surface area contributed by atoms with Gasteiger partial charge in [0, 0.05) is 26.5 Å². The lowest BCUT2D eigenvalue weighted by Gasteiger charge is -2.18. The summed E-state index contributed by atoms with van der Waals surface area (Å²) in [4.78, 5) is 16.5. The number of carbonyl (C=O) groups is 1. The van der Waals surface area contributed by atoms with E-state index in [0.717, 1.165) is 34.5 Å². The van der Waals surface area contributed by atoms with Crippen molar-refractivity contribution in [3.8, 4) is 11.1 Å². The van der Waals surface area contributed by atoms with Gasteiger partial charge in [0.15, 0.2) is 0 Å². The molecule has 2 aromatic carbocycles. The average Bonchev–Trinajstić information content (AvgIpc) is 2.69. The van der Waals surface area contributed by atoms with Crippen LogP contribution in [0.4, 0.5) is 14.9 Å². The zero-order chi connectivity index (χ0) is 19.9. The molecule has 1 heterocycles. The molecule has 0 aliphatic carbocycles. The van der Waals surface area contributed by atoms with E-state index in [-0.39, 0.29) is 20.7 Å². The van der Waals surface area contributed by atoms with Crippen molar-refractivity contribution in [1.29, 1.82) is 0 Å². The number of halogens is 1. The molecular weight excluding hydrogens is 353 g/mol. The molecule has 1 unspecified atom stereocenters. The molecule has 0 fully saturated rings. The molecule has 4 nitrogen and oxygen atoms in total. The second-order valence-electron chi connectivity index (χ2n) is 6.80. The molecule has 1 aromatic heterocycles. The van der Waals surface area contributed by atoms with E-state index in [4.69, 9.17) is 0 Å². The number of nitrogens with zero attached hydrogens (tertiary/aromatic N) is 1. The molecular formula is C23H28FN3O. The summed E-state index contributed by atoms with van der Waals surface area (Å²) in [5, 5.41) is 5.85. The fourth-order valence-corrected chi connectivity index (χ4v) is 3.03. The Bertz CT molecular complexity index is 934. The third kappa shape index (κ3) is 5.39. The van der Waals surface area contributed by atoms with Crippen LogP contribution in [0.5, 0.6) is 0 Å². The lowest BCUT2D eigenvalue weighted by atomic mass is 10.0. The number of rotatable bonds is 6. The van der Waals surface area contributed by atoms with Crippen molar-refractivity contribution >= 4 is 11.7 Å². The summed E-state index contributed by atoms with van der Waals surface area (Å²) in [6.45, 7) is 3.97. The number of carbonyl (C=O) groups excluding carboxylic acids is 1. The molecule has 0 saturated carbocycles. The van der Waals surface area contributed by atoms with E-state index in [1.54, 1.807) is 18.3 Å². The van der Waals surface area contributed by atoms with Gasteiger partial charge in [0.1, 0.15) is 5.82 Å². The molecule has 1 atom stereocenters. The van der Waals surface area contributed by atoms with Crippen LogP contribution in [-0.2, 0) is 6.42 Å². The highest BCUT2D eigenvalue weighted by Crippen LogP contribution is 2.21. The summed E-state index contributed by atoms with van der Waals surface area (Å²) in [6.07, 6.45) is 3.23. The fraction of sp³-hybridized carbons (Fsp3) is 0.217. The second-order valence-corrected chi connectivity index (χ2v) is 6.80. The topological polar surface area (TPSA) is 54.0 Å². The summed E-state index contributed by atoms with van der Waals surface area (Å²) in [7, 11) is 0. The highest BCUT2D eigenvalue weighted by Gasteiger charge is 2.11. The van der Waals surface area contributed by atoms with Crippen molar-refractivity contribution < 1.29 is 12.0 Å². The first-order chi connectivity index (χ1) is 13.5. The highest BCUT2D eigenvalue weighted by atomic mass is 19.1. The Morgan fingerprint density at radius 2 is 1.79 bits per heavy atom. The van der Waals surface area contributed by atoms with Crippen molar-refractivity contribution in [2.45, 2.75) is 32.7 Å². The van der Waals surface area contributed by atoms with Gasteiger partial charge in [-0.15, -0.1) is 0 Å². The maximum absolute atomic E-state index is 13.0. The van der Waals surface area contributed by atoms with Gasteiger partial charge in [-0.2, -0.15) is 0 Å². The molecule has 0 aliphatic rings. The summed E-state index contributed by atoms with van der Waals surface area (Å²) < 4.78 is 13.0. The SMILES string of the molecule is CCC(Cc1ccc(F)cc1)NC(=O)Nc1ccc(-c2ccnc(C)c2)cc1.[HH].[HH]. The monoisotopic (exact) mass is 381 g/mol. The summed E-state index contributed by atoms with van der Waals surface area (Å²) in [5.41, 5.74) is 4.84. The summed E-state index contributed by atoms with van der Waals surface area (Å²) in [5.74, 6) is -0.257. The predicted molar refractivity (Wildman–Crippen MR) is 115 cm³/mol. The Labute approximate surface area is 167 Å². The molecule has 3 aromatic rings. The first kappa shape index (κ1) is 19.5. The van der Waals surface area contributed by atoms with Crippen LogP contribution in [0.15, 0.2) is 66.9 Å². The number of hydrogen-bond donors (Lipinski definition) is 2. The third-order valence-electron chi connectivity index (χ3n) is 4.60. The minimum absolute atomic E-state index is 0. The quantitative estimate of drug-likeness (QED) is 0.564.